The minimum atomic E-state index is -0.814. The van der Waals surface area contributed by atoms with E-state index in [0.717, 1.165) is 27.9 Å². The van der Waals surface area contributed by atoms with Crippen molar-refractivity contribution in [2.24, 2.45) is 0 Å². The van der Waals surface area contributed by atoms with Gasteiger partial charge < -0.3 is 14.8 Å². The summed E-state index contributed by atoms with van der Waals surface area (Å²) >= 11 is 6.13. The van der Waals surface area contributed by atoms with Crippen molar-refractivity contribution in [1.29, 1.82) is 0 Å². The second-order valence-electron chi connectivity index (χ2n) is 4.12. The molecule has 0 aliphatic rings. The fourth-order valence-electron chi connectivity index (χ4n) is 2.10. The summed E-state index contributed by atoms with van der Waals surface area (Å²) in [5.41, 5.74) is 2.68. The number of aliphatic carboxylic acids is 1. The first-order valence-electron chi connectivity index (χ1n) is 5.60. The van der Waals surface area contributed by atoms with Crippen LogP contribution in [-0.4, -0.2) is 23.2 Å². The van der Waals surface area contributed by atoms with E-state index in [-0.39, 0.29) is 6.42 Å². The van der Waals surface area contributed by atoms with Gasteiger partial charge in [0.2, 0.25) is 0 Å². The monoisotopic (exact) mass is 267 g/mol. The fraction of sp³-hybridized carbons (Fsp3) is 0.308. The number of fused-ring (bicyclic) bond motifs is 1. The zero-order chi connectivity index (χ0) is 13.3. The third kappa shape index (κ3) is 2.16. The van der Waals surface area contributed by atoms with Crippen molar-refractivity contribution in [3.8, 4) is 5.75 Å². The van der Waals surface area contributed by atoms with E-state index in [9.17, 15) is 4.79 Å². The molecule has 2 rings (SSSR count). The van der Waals surface area contributed by atoms with Gasteiger partial charge in [0, 0.05) is 11.1 Å². The smallest absolute Gasteiger partial charge is 0.303 e. The van der Waals surface area contributed by atoms with Crippen LogP contribution in [0.2, 0.25) is 5.02 Å². The average molecular weight is 268 g/mol. The summed E-state index contributed by atoms with van der Waals surface area (Å²) in [4.78, 5) is 13.8. The van der Waals surface area contributed by atoms with Crippen molar-refractivity contribution in [3.63, 3.8) is 0 Å². The molecular weight excluding hydrogens is 254 g/mol. The summed E-state index contributed by atoms with van der Waals surface area (Å²) in [7, 11) is 1.60. The third-order valence-corrected chi connectivity index (χ3v) is 3.34. The Kier molecular flexibility index (Phi) is 3.48. The molecule has 0 unspecified atom stereocenters. The SMILES string of the molecule is COc1ccc(Cl)c2[nH]c(CCC(=O)O)c(C)c12. The van der Waals surface area contributed by atoms with Gasteiger partial charge in [-0.1, -0.05) is 11.6 Å². The Hall–Kier alpha value is -1.68. The lowest BCUT2D eigenvalue weighted by Crippen LogP contribution is -1.98. The van der Waals surface area contributed by atoms with Crippen LogP contribution in [0.25, 0.3) is 10.9 Å². The number of nitrogens with one attached hydrogen (secondary N) is 1. The van der Waals surface area contributed by atoms with Crippen molar-refractivity contribution in [3.05, 3.63) is 28.4 Å². The standard InChI is InChI=1S/C13H14ClNO3/c1-7-9(4-6-11(16)17)15-13-8(14)3-5-10(18-2)12(7)13/h3,5,15H,4,6H2,1-2H3,(H,16,17). The molecule has 0 aliphatic heterocycles. The number of aryl methyl sites for hydroxylation is 2. The van der Waals surface area contributed by atoms with Gasteiger partial charge in [0.05, 0.1) is 24.1 Å². The molecule has 0 radical (unpaired) electrons. The maximum atomic E-state index is 10.6. The highest BCUT2D eigenvalue weighted by atomic mass is 35.5. The number of rotatable bonds is 4. The first-order chi connectivity index (χ1) is 8.54. The Balaban J connectivity index is 2.54. The number of carbonyl (C=O) groups is 1. The molecule has 0 saturated heterocycles. The van der Waals surface area contributed by atoms with E-state index in [1.54, 1.807) is 13.2 Å². The van der Waals surface area contributed by atoms with Gasteiger partial charge in [-0.2, -0.15) is 0 Å². The van der Waals surface area contributed by atoms with E-state index in [2.05, 4.69) is 4.98 Å². The number of hydrogen-bond acceptors (Lipinski definition) is 2. The minimum absolute atomic E-state index is 0.0909. The fourth-order valence-corrected chi connectivity index (χ4v) is 2.30. The number of hydrogen-bond donors (Lipinski definition) is 2. The average Bonchev–Trinajstić information content (AvgIpc) is 2.66. The normalized spacial score (nSPS) is 10.8. The van der Waals surface area contributed by atoms with Gasteiger partial charge in [-0.3, -0.25) is 4.79 Å². The zero-order valence-corrected chi connectivity index (χ0v) is 11.0. The van der Waals surface area contributed by atoms with E-state index >= 15 is 0 Å². The summed E-state index contributed by atoms with van der Waals surface area (Å²) in [5, 5.41) is 10.3. The predicted octanol–water partition coefficient (Wildman–Crippen LogP) is 3.16. The molecule has 5 heteroatoms. The highest BCUT2D eigenvalue weighted by Crippen LogP contribution is 2.35. The lowest BCUT2D eigenvalue weighted by Gasteiger charge is -2.03. The van der Waals surface area contributed by atoms with Crippen LogP contribution in [-0.2, 0) is 11.2 Å². The Morgan fingerprint density at radius 2 is 2.22 bits per heavy atom. The Labute approximate surface area is 110 Å². The molecule has 0 saturated carbocycles. The van der Waals surface area contributed by atoms with Crippen LogP contribution in [0.4, 0.5) is 0 Å². The summed E-state index contributed by atoms with van der Waals surface area (Å²) in [6.45, 7) is 1.94. The molecule has 0 bridgehead atoms. The molecule has 0 spiro atoms. The van der Waals surface area contributed by atoms with Gasteiger partial charge in [0.25, 0.3) is 0 Å². The van der Waals surface area contributed by atoms with E-state index < -0.39 is 5.97 Å². The maximum absolute atomic E-state index is 10.6. The summed E-state index contributed by atoms with van der Waals surface area (Å²) in [6.07, 6.45) is 0.545. The molecule has 1 heterocycles. The number of aromatic amines is 1. The Bertz CT molecular complexity index is 604. The van der Waals surface area contributed by atoms with Gasteiger partial charge in [-0.15, -0.1) is 0 Å². The quantitative estimate of drug-likeness (QED) is 0.894. The van der Waals surface area contributed by atoms with Gasteiger partial charge in [-0.05, 0) is 31.0 Å². The highest BCUT2D eigenvalue weighted by Gasteiger charge is 2.15. The van der Waals surface area contributed by atoms with Crippen LogP contribution >= 0.6 is 11.6 Å². The van der Waals surface area contributed by atoms with Crippen LogP contribution in [0.5, 0.6) is 5.75 Å². The second kappa shape index (κ2) is 4.90. The molecule has 0 fully saturated rings. The van der Waals surface area contributed by atoms with Crippen molar-refractivity contribution < 1.29 is 14.6 Å². The molecular formula is C13H14ClNO3. The van der Waals surface area contributed by atoms with Gasteiger partial charge >= 0.3 is 5.97 Å². The largest absolute Gasteiger partial charge is 0.496 e. The minimum Gasteiger partial charge on any atom is -0.496 e. The van der Waals surface area contributed by atoms with Crippen molar-refractivity contribution in [2.45, 2.75) is 19.8 Å². The topological polar surface area (TPSA) is 62.3 Å². The lowest BCUT2D eigenvalue weighted by molar-refractivity contribution is -0.136. The van der Waals surface area contributed by atoms with Crippen LogP contribution in [0.1, 0.15) is 17.7 Å². The first kappa shape index (κ1) is 12.8. The molecule has 4 nitrogen and oxygen atoms in total. The third-order valence-electron chi connectivity index (χ3n) is 3.03. The van der Waals surface area contributed by atoms with Crippen LogP contribution in [0, 0.1) is 6.92 Å². The number of carboxylic acids is 1. The molecule has 0 aliphatic carbocycles. The Morgan fingerprint density at radius 1 is 1.50 bits per heavy atom. The van der Waals surface area contributed by atoms with E-state index in [0.29, 0.717) is 11.4 Å². The van der Waals surface area contributed by atoms with Crippen molar-refractivity contribution in [1.82, 2.24) is 4.98 Å². The Morgan fingerprint density at radius 3 is 2.83 bits per heavy atom. The summed E-state index contributed by atoms with van der Waals surface area (Å²) in [6, 6.07) is 3.58. The van der Waals surface area contributed by atoms with E-state index in [1.807, 2.05) is 13.0 Å². The van der Waals surface area contributed by atoms with Crippen LogP contribution < -0.4 is 4.74 Å². The van der Waals surface area contributed by atoms with Crippen LogP contribution in [0.3, 0.4) is 0 Å². The van der Waals surface area contributed by atoms with Gasteiger partial charge in [0.15, 0.2) is 0 Å². The van der Waals surface area contributed by atoms with Crippen LogP contribution in [0.15, 0.2) is 12.1 Å². The summed E-state index contributed by atoms with van der Waals surface area (Å²) in [5.74, 6) is -0.0733. The molecule has 0 amide bonds. The second-order valence-corrected chi connectivity index (χ2v) is 4.53. The van der Waals surface area contributed by atoms with E-state index in [4.69, 9.17) is 21.4 Å². The number of ether oxygens (including phenoxy) is 1. The van der Waals surface area contributed by atoms with Gasteiger partial charge in [0.1, 0.15) is 5.75 Å². The molecule has 96 valence electrons. The number of halogens is 1. The maximum Gasteiger partial charge on any atom is 0.303 e. The molecule has 0 atom stereocenters. The molecule has 1 aromatic carbocycles. The molecule has 2 aromatic rings. The highest BCUT2D eigenvalue weighted by molar-refractivity contribution is 6.35. The predicted molar refractivity (Wildman–Crippen MR) is 70.6 cm³/mol. The molecule has 18 heavy (non-hydrogen) atoms. The van der Waals surface area contributed by atoms with Crippen molar-refractivity contribution in [2.75, 3.05) is 7.11 Å². The first-order valence-corrected chi connectivity index (χ1v) is 5.97. The number of aromatic nitrogens is 1. The van der Waals surface area contributed by atoms with E-state index in [1.165, 1.54) is 0 Å². The lowest BCUT2D eigenvalue weighted by atomic mass is 10.1. The number of methoxy groups -OCH3 is 1. The number of carboxylic acid groups (broad SMARTS) is 1. The number of benzene rings is 1. The number of H-pyrrole nitrogens is 1. The van der Waals surface area contributed by atoms with Crippen molar-refractivity contribution >= 4 is 28.5 Å². The summed E-state index contributed by atoms with van der Waals surface area (Å²) < 4.78 is 5.31. The zero-order valence-electron chi connectivity index (χ0n) is 10.2. The molecule has 1 aromatic heterocycles. The molecule has 2 N–H and O–H groups in total. The van der Waals surface area contributed by atoms with Gasteiger partial charge in [-0.25, -0.2) is 0 Å².